The van der Waals surface area contributed by atoms with Crippen LogP contribution in [0.1, 0.15) is 5.56 Å². The Morgan fingerprint density at radius 2 is 1.80 bits per heavy atom. The minimum Gasteiger partial charge on any atom is -0.308 e. The average Bonchev–Trinajstić information content (AvgIpc) is 2.37. The molecule has 0 spiro atoms. The fraction of sp³-hybridized carbons (Fsp3) is 0.0714. The van der Waals surface area contributed by atoms with Gasteiger partial charge in [0.05, 0.1) is 15.7 Å². The molecule has 2 aromatic carbocycles. The Hall–Kier alpha value is -1.23. The third-order valence-electron chi connectivity index (χ3n) is 2.55. The lowest BCUT2D eigenvalue weighted by Gasteiger charge is -2.10. The number of anilines is 2. The van der Waals surface area contributed by atoms with Crippen molar-refractivity contribution in [2.75, 3.05) is 10.6 Å². The van der Waals surface area contributed by atoms with Gasteiger partial charge in [0.1, 0.15) is 0 Å². The van der Waals surface area contributed by atoms with Crippen molar-refractivity contribution in [1.82, 2.24) is 0 Å². The fourth-order valence-corrected chi connectivity index (χ4v) is 2.47. The summed E-state index contributed by atoms with van der Waals surface area (Å²) in [6.45, 7) is 1.98. The Labute approximate surface area is 135 Å². The molecule has 3 nitrogen and oxygen atoms in total. The van der Waals surface area contributed by atoms with Crippen molar-refractivity contribution >= 4 is 56.5 Å². The van der Waals surface area contributed by atoms with E-state index in [4.69, 9.17) is 23.2 Å². The van der Waals surface area contributed by atoms with E-state index >= 15 is 0 Å². The largest absolute Gasteiger partial charge is 0.323 e. The smallest absolute Gasteiger partial charge is 0.308 e. The van der Waals surface area contributed by atoms with Crippen molar-refractivity contribution in [3.63, 3.8) is 0 Å². The molecular weight excluding hydrogens is 363 g/mol. The first kappa shape index (κ1) is 15.2. The summed E-state index contributed by atoms with van der Waals surface area (Å²) in [6.07, 6.45) is 0. The number of hydrogen-bond acceptors (Lipinski definition) is 1. The number of nitrogens with one attached hydrogen (secondary N) is 2. The molecule has 0 aliphatic heterocycles. The normalized spacial score (nSPS) is 10.2. The van der Waals surface area contributed by atoms with Crippen molar-refractivity contribution < 1.29 is 4.79 Å². The Morgan fingerprint density at radius 1 is 1.05 bits per heavy atom. The van der Waals surface area contributed by atoms with Gasteiger partial charge in [-0.1, -0.05) is 29.3 Å². The molecule has 0 heterocycles. The Kier molecular flexibility index (Phi) is 4.91. The number of carbonyl (C=O) groups excluding carboxylic acids is 1. The predicted octanol–water partition coefficient (Wildman–Crippen LogP) is 5.71. The summed E-state index contributed by atoms with van der Waals surface area (Å²) in [5.41, 5.74) is 2.36. The van der Waals surface area contributed by atoms with Gasteiger partial charge in [-0.05, 0) is 58.7 Å². The third-order valence-corrected chi connectivity index (χ3v) is 3.95. The first-order chi connectivity index (χ1) is 9.45. The van der Waals surface area contributed by atoms with Crippen molar-refractivity contribution in [2.24, 2.45) is 0 Å². The predicted molar refractivity (Wildman–Crippen MR) is 88.0 cm³/mol. The quantitative estimate of drug-likeness (QED) is 0.695. The highest BCUT2D eigenvalue weighted by Gasteiger charge is 2.07. The molecule has 0 bridgehead atoms. The molecule has 0 radical (unpaired) electrons. The molecule has 104 valence electrons. The maximum absolute atomic E-state index is 11.9. The van der Waals surface area contributed by atoms with E-state index in [2.05, 4.69) is 26.6 Å². The van der Waals surface area contributed by atoms with Crippen LogP contribution in [-0.2, 0) is 0 Å². The van der Waals surface area contributed by atoms with Crippen molar-refractivity contribution in [3.05, 3.63) is 56.5 Å². The van der Waals surface area contributed by atoms with Crippen LogP contribution in [0.15, 0.2) is 40.9 Å². The fourth-order valence-electron chi connectivity index (χ4n) is 1.58. The van der Waals surface area contributed by atoms with E-state index in [0.29, 0.717) is 21.4 Å². The van der Waals surface area contributed by atoms with Gasteiger partial charge in [-0.15, -0.1) is 0 Å². The zero-order chi connectivity index (χ0) is 14.7. The van der Waals surface area contributed by atoms with Gasteiger partial charge in [-0.25, -0.2) is 4.79 Å². The van der Waals surface area contributed by atoms with Crippen molar-refractivity contribution in [3.8, 4) is 0 Å². The second-order valence-electron chi connectivity index (χ2n) is 4.19. The first-order valence-corrected chi connectivity index (χ1v) is 7.30. The number of amides is 2. The Balaban J connectivity index is 2.07. The molecule has 2 N–H and O–H groups in total. The van der Waals surface area contributed by atoms with Crippen LogP contribution in [0.4, 0.5) is 16.2 Å². The number of urea groups is 1. The molecule has 20 heavy (non-hydrogen) atoms. The highest BCUT2D eigenvalue weighted by atomic mass is 79.9. The number of rotatable bonds is 2. The maximum atomic E-state index is 11.9. The summed E-state index contributed by atoms with van der Waals surface area (Å²) >= 11 is 15.1. The maximum Gasteiger partial charge on any atom is 0.323 e. The lowest BCUT2D eigenvalue weighted by molar-refractivity contribution is 0.262. The molecule has 0 fully saturated rings. The molecule has 2 rings (SSSR count). The van der Waals surface area contributed by atoms with Crippen LogP contribution >= 0.6 is 39.1 Å². The van der Waals surface area contributed by atoms with Gasteiger partial charge in [-0.3, -0.25) is 0 Å². The molecule has 6 heteroatoms. The standard InChI is InChI=1S/C14H11BrCl2N2O/c1-8-2-5-13(10(15)6-8)19-14(20)18-9-3-4-11(16)12(17)7-9/h2-7H,1H3,(H2,18,19,20). The minimum atomic E-state index is -0.354. The number of halogens is 3. The van der Waals surface area contributed by atoms with Crippen LogP contribution in [0.5, 0.6) is 0 Å². The van der Waals surface area contributed by atoms with E-state index in [9.17, 15) is 4.79 Å². The van der Waals surface area contributed by atoms with Crippen LogP contribution in [-0.4, -0.2) is 6.03 Å². The Morgan fingerprint density at radius 3 is 2.45 bits per heavy atom. The van der Waals surface area contributed by atoms with Crippen molar-refractivity contribution in [2.45, 2.75) is 6.92 Å². The highest BCUT2D eigenvalue weighted by Crippen LogP contribution is 2.26. The molecule has 0 aromatic heterocycles. The molecule has 0 atom stereocenters. The molecule has 0 saturated carbocycles. The Bertz CT molecular complexity index is 662. The average molecular weight is 374 g/mol. The molecule has 2 aromatic rings. The number of carbonyl (C=O) groups is 1. The molecular formula is C14H11BrCl2N2O. The van der Waals surface area contributed by atoms with Gasteiger partial charge in [0.25, 0.3) is 0 Å². The zero-order valence-corrected chi connectivity index (χ0v) is 13.6. The van der Waals surface area contributed by atoms with E-state index in [0.717, 1.165) is 10.0 Å². The van der Waals surface area contributed by atoms with Crippen LogP contribution < -0.4 is 10.6 Å². The van der Waals surface area contributed by atoms with Crippen molar-refractivity contribution in [1.29, 1.82) is 0 Å². The van der Waals surface area contributed by atoms with Crippen LogP contribution in [0.3, 0.4) is 0 Å². The van der Waals surface area contributed by atoms with Gasteiger partial charge in [0, 0.05) is 10.2 Å². The van der Waals surface area contributed by atoms with Gasteiger partial charge < -0.3 is 10.6 Å². The summed E-state index contributed by atoms with van der Waals surface area (Å²) in [7, 11) is 0. The second-order valence-corrected chi connectivity index (χ2v) is 5.86. The summed E-state index contributed by atoms with van der Waals surface area (Å²) in [6, 6.07) is 10.2. The zero-order valence-electron chi connectivity index (χ0n) is 10.5. The summed E-state index contributed by atoms with van der Waals surface area (Å²) < 4.78 is 0.821. The van der Waals surface area contributed by atoms with E-state index in [1.54, 1.807) is 18.2 Å². The third kappa shape index (κ3) is 3.88. The molecule has 0 aliphatic carbocycles. The van der Waals surface area contributed by atoms with Gasteiger partial charge in [0.2, 0.25) is 0 Å². The molecule has 0 aliphatic rings. The van der Waals surface area contributed by atoms with Crippen LogP contribution in [0.2, 0.25) is 10.0 Å². The summed E-state index contributed by atoms with van der Waals surface area (Å²) in [5, 5.41) is 6.27. The number of aryl methyl sites for hydroxylation is 1. The van der Waals surface area contributed by atoms with E-state index in [1.807, 2.05) is 25.1 Å². The first-order valence-electron chi connectivity index (χ1n) is 5.75. The number of hydrogen-bond donors (Lipinski definition) is 2. The van der Waals surface area contributed by atoms with Gasteiger partial charge in [-0.2, -0.15) is 0 Å². The van der Waals surface area contributed by atoms with E-state index in [-0.39, 0.29) is 6.03 Å². The summed E-state index contributed by atoms with van der Waals surface area (Å²) in [5.74, 6) is 0. The molecule has 2 amide bonds. The van der Waals surface area contributed by atoms with Crippen LogP contribution in [0, 0.1) is 6.92 Å². The SMILES string of the molecule is Cc1ccc(NC(=O)Nc2ccc(Cl)c(Cl)c2)c(Br)c1. The van der Waals surface area contributed by atoms with Gasteiger partial charge >= 0.3 is 6.03 Å². The van der Waals surface area contributed by atoms with E-state index in [1.165, 1.54) is 0 Å². The highest BCUT2D eigenvalue weighted by molar-refractivity contribution is 9.10. The molecule has 0 unspecified atom stereocenters. The monoisotopic (exact) mass is 372 g/mol. The molecule has 0 saturated heterocycles. The number of benzene rings is 2. The second kappa shape index (κ2) is 6.48. The lowest BCUT2D eigenvalue weighted by atomic mass is 10.2. The van der Waals surface area contributed by atoms with Crippen LogP contribution in [0.25, 0.3) is 0 Å². The van der Waals surface area contributed by atoms with E-state index < -0.39 is 0 Å². The summed E-state index contributed by atoms with van der Waals surface area (Å²) in [4.78, 5) is 11.9. The minimum absolute atomic E-state index is 0.354. The topological polar surface area (TPSA) is 41.1 Å². The lowest BCUT2D eigenvalue weighted by Crippen LogP contribution is -2.19. The van der Waals surface area contributed by atoms with Gasteiger partial charge in [0.15, 0.2) is 0 Å².